The number of amides is 1. The highest BCUT2D eigenvalue weighted by molar-refractivity contribution is 9.10. The number of carbonyl (C=O) groups excluding carboxylic acids is 1. The predicted octanol–water partition coefficient (Wildman–Crippen LogP) is 3.85. The van der Waals surface area contributed by atoms with Gasteiger partial charge in [-0.1, -0.05) is 31.2 Å². The number of fused-ring (bicyclic) bond motifs is 1. The molecule has 0 spiro atoms. The largest absolute Gasteiger partial charge is 0.483 e. The van der Waals surface area contributed by atoms with Gasteiger partial charge in [0.25, 0.3) is 5.91 Å². The van der Waals surface area contributed by atoms with Gasteiger partial charge >= 0.3 is 0 Å². The van der Waals surface area contributed by atoms with E-state index < -0.39 is 0 Å². The fourth-order valence-electron chi connectivity index (χ4n) is 2.80. The third-order valence-electron chi connectivity index (χ3n) is 4.14. The van der Waals surface area contributed by atoms with Crippen molar-refractivity contribution in [2.24, 2.45) is 0 Å². The Hall–Kier alpha value is -1.92. The van der Waals surface area contributed by atoms with Crippen molar-refractivity contribution in [1.29, 1.82) is 0 Å². The molecule has 2 aromatic carbocycles. The topological polar surface area (TPSA) is 41.6 Å². The van der Waals surface area contributed by atoms with Gasteiger partial charge in [-0.2, -0.15) is 0 Å². The maximum atomic E-state index is 12.2. The highest BCUT2D eigenvalue weighted by Crippen LogP contribution is 2.28. The highest BCUT2D eigenvalue weighted by Gasteiger charge is 2.22. The van der Waals surface area contributed by atoms with Gasteiger partial charge in [0, 0.05) is 12.2 Å². The van der Waals surface area contributed by atoms with Crippen molar-refractivity contribution in [2.75, 3.05) is 18.1 Å². The van der Waals surface area contributed by atoms with Crippen LogP contribution in [0.1, 0.15) is 18.1 Å². The number of halogens is 1. The maximum absolute atomic E-state index is 12.2. The zero-order valence-electron chi connectivity index (χ0n) is 13.9. The molecule has 2 aromatic rings. The zero-order valence-corrected chi connectivity index (χ0v) is 16.3. The Balaban J connectivity index is 1.55. The molecule has 1 aliphatic rings. The minimum absolute atomic E-state index is 0.0836. The molecule has 0 saturated heterocycles. The Bertz CT molecular complexity index is 810. The molecule has 0 aromatic heterocycles. The third kappa shape index (κ3) is 4.19. The quantitative estimate of drug-likeness (QED) is 0.765. The molecule has 0 saturated carbocycles. The number of anilines is 1. The van der Waals surface area contributed by atoms with Crippen LogP contribution in [-0.2, 0) is 17.6 Å². The van der Waals surface area contributed by atoms with Crippen LogP contribution in [0, 0.1) is 0 Å². The van der Waals surface area contributed by atoms with Crippen LogP contribution in [0.15, 0.2) is 46.9 Å². The highest BCUT2D eigenvalue weighted by atomic mass is 79.9. The van der Waals surface area contributed by atoms with E-state index in [0.717, 1.165) is 29.5 Å². The molecule has 3 rings (SSSR count). The molecule has 0 atom stereocenters. The summed E-state index contributed by atoms with van der Waals surface area (Å²) in [5.41, 5.74) is 3.51. The van der Waals surface area contributed by atoms with Crippen molar-refractivity contribution in [3.63, 3.8) is 0 Å². The minimum Gasteiger partial charge on any atom is -0.483 e. The summed E-state index contributed by atoms with van der Waals surface area (Å²) in [5, 5.41) is 3.17. The molecule has 0 aliphatic carbocycles. The lowest BCUT2D eigenvalue weighted by atomic mass is 10.2. The molecule has 1 heterocycles. The number of rotatable bonds is 4. The number of nitrogens with one attached hydrogen (secondary N) is 1. The minimum atomic E-state index is -0.263. The first-order chi connectivity index (χ1) is 12.1. The molecular formula is C19H19BrN2O2S. The molecule has 1 amide bonds. The number of carbonyl (C=O) groups is 1. The number of para-hydroxylation sites is 1. The van der Waals surface area contributed by atoms with E-state index in [-0.39, 0.29) is 12.5 Å². The number of hydrogen-bond acceptors (Lipinski definition) is 3. The van der Waals surface area contributed by atoms with Crippen LogP contribution in [-0.4, -0.2) is 24.2 Å². The lowest BCUT2D eigenvalue weighted by molar-refractivity contribution is -0.121. The number of nitrogens with zero attached hydrogens (tertiary/aromatic N) is 1. The number of ether oxygens (including phenoxy) is 1. The summed E-state index contributed by atoms with van der Waals surface area (Å²) >= 11 is 8.85. The molecule has 0 unspecified atom stereocenters. The van der Waals surface area contributed by atoms with Crippen LogP contribution < -0.4 is 15.0 Å². The Morgan fingerprint density at radius 1 is 1.32 bits per heavy atom. The average Bonchev–Trinajstić information content (AvgIpc) is 3.04. The predicted molar refractivity (Wildman–Crippen MR) is 107 cm³/mol. The Kier molecular flexibility index (Phi) is 5.71. The van der Waals surface area contributed by atoms with Crippen LogP contribution in [0.2, 0.25) is 0 Å². The molecule has 1 aliphatic heterocycles. The molecule has 4 nitrogen and oxygen atoms in total. The summed E-state index contributed by atoms with van der Waals surface area (Å²) in [4.78, 5) is 14.1. The average molecular weight is 419 g/mol. The van der Waals surface area contributed by atoms with Gasteiger partial charge in [-0.25, -0.2) is 0 Å². The van der Waals surface area contributed by atoms with Crippen molar-refractivity contribution >= 4 is 44.9 Å². The van der Waals surface area contributed by atoms with Crippen molar-refractivity contribution < 1.29 is 9.53 Å². The summed E-state index contributed by atoms with van der Waals surface area (Å²) in [6.07, 6.45) is 1.88. The van der Waals surface area contributed by atoms with E-state index in [1.807, 2.05) is 41.3 Å². The SMILES string of the molecule is CCc1ccc(OCC(=O)NC(=S)N2CCc3ccccc32)c(Br)c1. The number of hydrogen-bond donors (Lipinski definition) is 1. The molecule has 0 fully saturated rings. The summed E-state index contributed by atoms with van der Waals surface area (Å²) in [7, 11) is 0. The van der Waals surface area contributed by atoms with Crippen LogP contribution >= 0.6 is 28.1 Å². The Morgan fingerprint density at radius 3 is 2.88 bits per heavy atom. The van der Waals surface area contributed by atoms with Crippen LogP contribution in [0.5, 0.6) is 5.75 Å². The summed E-state index contributed by atoms with van der Waals surface area (Å²) < 4.78 is 6.44. The monoisotopic (exact) mass is 418 g/mol. The van der Waals surface area contributed by atoms with Gasteiger partial charge in [0.2, 0.25) is 0 Å². The van der Waals surface area contributed by atoms with Gasteiger partial charge in [-0.15, -0.1) is 0 Å². The fraction of sp³-hybridized carbons (Fsp3) is 0.263. The summed E-state index contributed by atoms with van der Waals surface area (Å²) in [6, 6.07) is 13.9. The van der Waals surface area contributed by atoms with Gasteiger partial charge in [0.15, 0.2) is 11.7 Å². The smallest absolute Gasteiger partial charge is 0.264 e. The van der Waals surface area contributed by atoms with Crippen molar-refractivity contribution in [3.05, 3.63) is 58.1 Å². The van der Waals surface area contributed by atoms with Crippen molar-refractivity contribution in [3.8, 4) is 5.75 Å². The third-order valence-corrected chi connectivity index (χ3v) is 5.08. The molecule has 6 heteroatoms. The van der Waals surface area contributed by atoms with Crippen molar-refractivity contribution in [2.45, 2.75) is 19.8 Å². The second-order valence-electron chi connectivity index (χ2n) is 5.79. The number of benzene rings is 2. The molecule has 0 bridgehead atoms. The van der Waals surface area contributed by atoms with Crippen LogP contribution in [0.25, 0.3) is 0 Å². The first kappa shape index (κ1) is 17.9. The van der Waals surface area contributed by atoms with Crippen molar-refractivity contribution in [1.82, 2.24) is 5.32 Å². The molecule has 130 valence electrons. The molecule has 0 radical (unpaired) electrons. The Morgan fingerprint density at radius 2 is 2.12 bits per heavy atom. The fourth-order valence-corrected chi connectivity index (χ4v) is 3.64. The van der Waals surface area contributed by atoms with E-state index in [9.17, 15) is 4.79 Å². The molecule has 1 N–H and O–H groups in total. The standard InChI is InChI=1S/C19H19BrN2O2S/c1-2-13-7-8-17(15(20)11-13)24-12-18(23)21-19(25)22-10-9-14-5-3-4-6-16(14)22/h3-8,11H,2,9-10,12H2,1H3,(H,21,23,25). The van der Waals surface area contributed by atoms with Gasteiger partial charge in [0.1, 0.15) is 5.75 Å². The van der Waals surface area contributed by atoms with Gasteiger partial charge in [-0.05, 0) is 70.3 Å². The maximum Gasteiger partial charge on any atom is 0.264 e. The normalized spacial score (nSPS) is 12.6. The lowest BCUT2D eigenvalue weighted by Gasteiger charge is -2.20. The summed E-state index contributed by atoms with van der Waals surface area (Å²) in [6.45, 7) is 2.79. The van der Waals surface area contributed by atoms with Crippen LogP contribution in [0.3, 0.4) is 0 Å². The Labute approximate surface area is 161 Å². The summed E-state index contributed by atoms with van der Waals surface area (Å²) in [5.74, 6) is 0.380. The van der Waals surface area contributed by atoms with Gasteiger partial charge in [-0.3, -0.25) is 10.1 Å². The van der Waals surface area contributed by atoms with E-state index in [2.05, 4.69) is 34.2 Å². The zero-order chi connectivity index (χ0) is 17.8. The second kappa shape index (κ2) is 7.97. The lowest BCUT2D eigenvalue weighted by Crippen LogP contribution is -2.43. The van der Waals surface area contributed by atoms with E-state index in [1.165, 1.54) is 11.1 Å². The van der Waals surface area contributed by atoms with Gasteiger partial charge < -0.3 is 9.64 Å². The number of thiocarbonyl (C=S) groups is 1. The van der Waals surface area contributed by atoms with Crippen LogP contribution in [0.4, 0.5) is 5.69 Å². The number of aryl methyl sites for hydroxylation is 1. The van der Waals surface area contributed by atoms with E-state index >= 15 is 0 Å². The second-order valence-corrected chi connectivity index (χ2v) is 7.03. The first-order valence-corrected chi connectivity index (χ1v) is 9.39. The van der Waals surface area contributed by atoms with E-state index in [1.54, 1.807) is 0 Å². The molecule has 25 heavy (non-hydrogen) atoms. The first-order valence-electron chi connectivity index (χ1n) is 8.19. The van der Waals surface area contributed by atoms with Gasteiger partial charge in [0.05, 0.1) is 4.47 Å². The van der Waals surface area contributed by atoms with E-state index in [0.29, 0.717) is 10.9 Å². The van der Waals surface area contributed by atoms with E-state index in [4.69, 9.17) is 17.0 Å². The molecular weight excluding hydrogens is 400 g/mol.